The Bertz CT molecular complexity index is 457. The van der Waals surface area contributed by atoms with Crippen molar-refractivity contribution >= 4 is 5.69 Å². The zero-order valence-corrected chi connectivity index (χ0v) is 13.2. The van der Waals surface area contributed by atoms with Gasteiger partial charge in [0.2, 0.25) is 0 Å². The van der Waals surface area contributed by atoms with Crippen LogP contribution < -0.4 is 15.0 Å². The smallest absolute Gasteiger partial charge is 0.120 e. The van der Waals surface area contributed by atoms with E-state index in [1.165, 1.54) is 38.3 Å². The lowest BCUT2D eigenvalue weighted by Gasteiger charge is -2.37. The second kappa shape index (κ2) is 6.67. The van der Waals surface area contributed by atoms with Gasteiger partial charge in [0, 0.05) is 50.5 Å². The number of nitrogens with one attached hydrogen (secondary N) is 1. The molecule has 2 saturated heterocycles. The summed E-state index contributed by atoms with van der Waals surface area (Å²) in [6.07, 6.45) is 1.33. The average molecular weight is 289 g/mol. The molecular weight excluding hydrogens is 262 g/mol. The standard InChI is InChI=1S/C17H27N3O/c1-14-15(6-7-18-14)13-19-8-10-20(11-9-19)16-4-3-5-17(12-16)21-2/h3-5,12,14-15,18H,6-11,13H2,1-2H3. The first-order chi connectivity index (χ1) is 10.3. The highest BCUT2D eigenvalue weighted by atomic mass is 16.5. The summed E-state index contributed by atoms with van der Waals surface area (Å²) in [5.41, 5.74) is 1.28. The van der Waals surface area contributed by atoms with E-state index < -0.39 is 0 Å². The van der Waals surface area contributed by atoms with Crippen molar-refractivity contribution in [3.8, 4) is 5.75 Å². The first-order valence-corrected chi connectivity index (χ1v) is 8.11. The predicted molar refractivity (Wildman–Crippen MR) is 87.2 cm³/mol. The number of benzene rings is 1. The molecular formula is C17H27N3O. The highest BCUT2D eigenvalue weighted by molar-refractivity contribution is 5.51. The van der Waals surface area contributed by atoms with Crippen molar-refractivity contribution in [1.82, 2.24) is 10.2 Å². The molecule has 2 heterocycles. The molecule has 1 aromatic carbocycles. The first-order valence-electron chi connectivity index (χ1n) is 8.11. The Morgan fingerprint density at radius 1 is 1.24 bits per heavy atom. The third kappa shape index (κ3) is 3.50. The third-order valence-corrected chi connectivity index (χ3v) is 4.97. The minimum atomic E-state index is 0.682. The lowest BCUT2D eigenvalue weighted by molar-refractivity contribution is 0.212. The summed E-state index contributed by atoms with van der Waals surface area (Å²) >= 11 is 0. The van der Waals surface area contributed by atoms with Gasteiger partial charge in [-0.2, -0.15) is 0 Å². The van der Waals surface area contributed by atoms with E-state index >= 15 is 0 Å². The number of rotatable bonds is 4. The van der Waals surface area contributed by atoms with Crippen molar-refractivity contribution in [3.05, 3.63) is 24.3 Å². The van der Waals surface area contributed by atoms with E-state index in [2.05, 4.69) is 40.2 Å². The molecule has 2 atom stereocenters. The number of hydrogen-bond acceptors (Lipinski definition) is 4. The molecule has 0 radical (unpaired) electrons. The predicted octanol–water partition coefficient (Wildman–Crippen LogP) is 1.82. The molecule has 2 aliphatic rings. The van der Waals surface area contributed by atoms with Gasteiger partial charge in [0.25, 0.3) is 0 Å². The van der Waals surface area contributed by atoms with Crippen LogP contribution in [0.5, 0.6) is 5.75 Å². The molecule has 0 saturated carbocycles. The van der Waals surface area contributed by atoms with Crippen molar-refractivity contribution in [2.45, 2.75) is 19.4 Å². The Morgan fingerprint density at radius 3 is 2.71 bits per heavy atom. The van der Waals surface area contributed by atoms with Gasteiger partial charge in [-0.3, -0.25) is 4.90 Å². The largest absolute Gasteiger partial charge is 0.497 e. The molecule has 0 spiro atoms. The highest BCUT2D eigenvalue weighted by Gasteiger charge is 2.26. The first kappa shape index (κ1) is 14.7. The van der Waals surface area contributed by atoms with E-state index in [4.69, 9.17) is 4.74 Å². The molecule has 0 amide bonds. The SMILES string of the molecule is COc1cccc(N2CCN(CC3CCNC3C)CC2)c1. The van der Waals surface area contributed by atoms with Crippen LogP contribution in [0.25, 0.3) is 0 Å². The Balaban J connectivity index is 1.52. The Hall–Kier alpha value is -1.26. The van der Waals surface area contributed by atoms with Gasteiger partial charge in [0.05, 0.1) is 7.11 Å². The zero-order chi connectivity index (χ0) is 14.7. The summed E-state index contributed by atoms with van der Waals surface area (Å²) in [4.78, 5) is 5.10. The summed E-state index contributed by atoms with van der Waals surface area (Å²) in [6.45, 7) is 9.32. The van der Waals surface area contributed by atoms with Gasteiger partial charge in [0.15, 0.2) is 0 Å². The molecule has 21 heavy (non-hydrogen) atoms. The van der Waals surface area contributed by atoms with Gasteiger partial charge in [-0.25, -0.2) is 0 Å². The maximum absolute atomic E-state index is 5.32. The van der Waals surface area contributed by atoms with Crippen LogP contribution in [-0.4, -0.2) is 57.3 Å². The summed E-state index contributed by atoms with van der Waals surface area (Å²) in [6, 6.07) is 9.09. The second-order valence-corrected chi connectivity index (χ2v) is 6.28. The van der Waals surface area contributed by atoms with Crippen LogP contribution in [0.2, 0.25) is 0 Å². The van der Waals surface area contributed by atoms with Gasteiger partial charge in [-0.15, -0.1) is 0 Å². The van der Waals surface area contributed by atoms with Crippen molar-refractivity contribution in [3.63, 3.8) is 0 Å². The number of hydrogen-bond donors (Lipinski definition) is 1. The van der Waals surface area contributed by atoms with Crippen LogP contribution in [0, 0.1) is 5.92 Å². The summed E-state index contributed by atoms with van der Waals surface area (Å²) in [7, 11) is 1.73. The lowest BCUT2D eigenvalue weighted by Crippen LogP contribution is -2.48. The molecule has 4 nitrogen and oxygen atoms in total. The van der Waals surface area contributed by atoms with E-state index in [-0.39, 0.29) is 0 Å². The van der Waals surface area contributed by atoms with Crippen LogP contribution in [0.15, 0.2) is 24.3 Å². The molecule has 116 valence electrons. The van der Waals surface area contributed by atoms with Crippen molar-refractivity contribution < 1.29 is 4.74 Å². The van der Waals surface area contributed by atoms with E-state index in [0.29, 0.717) is 6.04 Å². The molecule has 0 aromatic heterocycles. The molecule has 3 rings (SSSR count). The van der Waals surface area contributed by atoms with Crippen LogP contribution in [0.3, 0.4) is 0 Å². The average Bonchev–Trinajstić information content (AvgIpc) is 2.93. The molecule has 1 aromatic rings. The van der Waals surface area contributed by atoms with E-state index in [1.54, 1.807) is 7.11 Å². The van der Waals surface area contributed by atoms with Crippen LogP contribution in [0.1, 0.15) is 13.3 Å². The Labute approximate surface area is 128 Å². The fourth-order valence-corrected chi connectivity index (χ4v) is 3.49. The van der Waals surface area contributed by atoms with Crippen molar-refractivity contribution in [2.24, 2.45) is 5.92 Å². The molecule has 2 unspecified atom stereocenters. The minimum Gasteiger partial charge on any atom is -0.497 e. The van der Waals surface area contributed by atoms with Gasteiger partial charge >= 0.3 is 0 Å². The van der Waals surface area contributed by atoms with Gasteiger partial charge in [-0.1, -0.05) is 6.07 Å². The van der Waals surface area contributed by atoms with Crippen LogP contribution in [-0.2, 0) is 0 Å². The molecule has 0 bridgehead atoms. The molecule has 2 fully saturated rings. The maximum atomic E-state index is 5.32. The Morgan fingerprint density at radius 2 is 2.05 bits per heavy atom. The summed E-state index contributed by atoms with van der Waals surface area (Å²) < 4.78 is 5.32. The van der Waals surface area contributed by atoms with Crippen molar-refractivity contribution in [2.75, 3.05) is 51.3 Å². The topological polar surface area (TPSA) is 27.7 Å². The number of ether oxygens (including phenoxy) is 1. The summed E-state index contributed by atoms with van der Waals surface area (Å²) in [5.74, 6) is 1.77. The normalized spacial score (nSPS) is 27.0. The zero-order valence-electron chi connectivity index (χ0n) is 13.2. The van der Waals surface area contributed by atoms with Crippen LogP contribution >= 0.6 is 0 Å². The van der Waals surface area contributed by atoms with Crippen LogP contribution in [0.4, 0.5) is 5.69 Å². The summed E-state index contributed by atoms with van der Waals surface area (Å²) in [5, 5.41) is 3.56. The Kier molecular flexibility index (Phi) is 4.66. The van der Waals surface area contributed by atoms with Crippen molar-refractivity contribution in [1.29, 1.82) is 0 Å². The molecule has 2 aliphatic heterocycles. The molecule has 1 N–H and O–H groups in total. The third-order valence-electron chi connectivity index (χ3n) is 4.97. The van der Waals surface area contributed by atoms with Gasteiger partial charge in [0.1, 0.15) is 5.75 Å². The molecule has 4 heteroatoms. The number of piperazine rings is 1. The highest BCUT2D eigenvalue weighted by Crippen LogP contribution is 2.23. The van der Waals surface area contributed by atoms with E-state index in [1.807, 2.05) is 6.07 Å². The lowest BCUT2D eigenvalue weighted by atomic mass is 10.0. The maximum Gasteiger partial charge on any atom is 0.120 e. The fraction of sp³-hybridized carbons (Fsp3) is 0.647. The number of anilines is 1. The van der Waals surface area contributed by atoms with Gasteiger partial charge < -0.3 is 15.0 Å². The fourth-order valence-electron chi connectivity index (χ4n) is 3.49. The monoisotopic (exact) mass is 289 g/mol. The second-order valence-electron chi connectivity index (χ2n) is 6.28. The number of nitrogens with zero attached hydrogens (tertiary/aromatic N) is 2. The minimum absolute atomic E-state index is 0.682. The quantitative estimate of drug-likeness (QED) is 0.915. The number of methoxy groups -OCH3 is 1. The molecule has 0 aliphatic carbocycles. The van der Waals surface area contributed by atoms with Gasteiger partial charge in [-0.05, 0) is 37.9 Å². The van der Waals surface area contributed by atoms with E-state index in [0.717, 1.165) is 24.8 Å². The van der Waals surface area contributed by atoms with E-state index in [9.17, 15) is 0 Å².